The van der Waals surface area contributed by atoms with Gasteiger partial charge >= 0.3 is 0 Å². The molecule has 0 amide bonds. The van der Waals surface area contributed by atoms with Crippen LogP contribution >= 0.6 is 0 Å². The molecular weight excluding hydrogens is 234 g/mol. The van der Waals surface area contributed by atoms with Crippen LogP contribution in [-0.2, 0) is 17.3 Å². The molecule has 1 N–H and O–H groups in total. The summed E-state index contributed by atoms with van der Waals surface area (Å²) in [5.41, 5.74) is 0. The number of imidazole rings is 1. The van der Waals surface area contributed by atoms with Gasteiger partial charge in [0.15, 0.2) is 0 Å². The SMILES string of the molecule is CC(C)Cn1ccnc1NC1CCS(=O)CC1. The van der Waals surface area contributed by atoms with Crippen molar-refractivity contribution in [3.05, 3.63) is 12.4 Å². The lowest BCUT2D eigenvalue weighted by atomic mass is 10.1. The fourth-order valence-electron chi connectivity index (χ4n) is 2.11. The first kappa shape index (κ1) is 12.6. The molecule has 0 bridgehead atoms. The predicted molar refractivity (Wildman–Crippen MR) is 71.6 cm³/mol. The van der Waals surface area contributed by atoms with Crippen molar-refractivity contribution in [2.45, 2.75) is 39.3 Å². The van der Waals surface area contributed by atoms with Gasteiger partial charge in [-0.1, -0.05) is 13.8 Å². The van der Waals surface area contributed by atoms with Gasteiger partial charge in [0.25, 0.3) is 0 Å². The minimum Gasteiger partial charge on any atom is -0.353 e. The Morgan fingerprint density at radius 2 is 2.24 bits per heavy atom. The zero-order valence-corrected chi connectivity index (χ0v) is 11.4. The van der Waals surface area contributed by atoms with E-state index in [9.17, 15) is 4.21 Å². The number of anilines is 1. The highest BCUT2D eigenvalue weighted by atomic mass is 32.2. The molecule has 0 radical (unpaired) electrons. The standard InChI is InChI=1S/C12H21N3OS/c1-10(2)9-15-6-5-13-12(15)14-11-3-7-17(16)8-4-11/h5-6,10-11H,3-4,7-9H2,1-2H3,(H,13,14). The first-order chi connectivity index (χ1) is 8.15. The van der Waals surface area contributed by atoms with Crippen LogP contribution in [0, 0.1) is 5.92 Å². The van der Waals surface area contributed by atoms with Gasteiger partial charge in [0.1, 0.15) is 0 Å². The predicted octanol–water partition coefficient (Wildman–Crippen LogP) is 1.86. The molecule has 2 heterocycles. The number of nitrogens with zero attached hydrogens (tertiary/aromatic N) is 2. The molecule has 0 spiro atoms. The highest BCUT2D eigenvalue weighted by Crippen LogP contribution is 2.16. The fourth-order valence-corrected chi connectivity index (χ4v) is 3.41. The quantitative estimate of drug-likeness (QED) is 0.893. The largest absolute Gasteiger partial charge is 0.353 e. The monoisotopic (exact) mass is 255 g/mol. The summed E-state index contributed by atoms with van der Waals surface area (Å²) in [7, 11) is -0.591. The van der Waals surface area contributed by atoms with Crippen LogP contribution in [0.2, 0.25) is 0 Å². The minimum atomic E-state index is -0.591. The molecule has 0 aromatic carbocycles. The van der Waals surface area contributed by atoms with Gasteiger partial charge in [0, 0.05) is 47.3 Å². The molecule has 5 heteroatoms. The topological polar surface area (TPSA) is 46.9 Å². The summed E-state index contributed by atoms with van der Waals surface area (Å²) >= 11 is 0. The van der Waals surface area contributed by atoms with Crippen LogP contribution in [0.3, 0.4) is 0 Å². The van der Waals surface area contributed by atoms with Crippen molar-refractivity contribution in [1.82, 2.24) is 9.55 Å². The summed E-state index contributed by atoms with van der Waals surface area (Å²) in [4.78, 5) is 4.36. The summed E-state index contributed by atoms with van der Waals surface area (Å²) in [6, 6.07) is 0.431. The van der Waals surface area contributed by atoms with E-state index in [0.29, 0.717) is 12.0 Å². The molecule has 0 saturated carbocycles. The van der Waals surface area contributed by atoms with Gasteiger partial charge < -0.3 is 9.88 Å². The Labute approximate surface area is 105 Å². The van der Waals surface area contributed by atoms with Gasteiger partial charge in [-0.2, -0.15) is 0 Å². The third kappa shape index (κ3) is 3.56. The third-order valence-electron chi connectivity index (χ3n) is 3.00. The van der Waals surface area contributed by atoms with Crippen molar-refractivity contribution in [2.24, 2.45) is 5.92 Å². The van der Waals surface area contributed by atoms with E-state index in [0.717, 1.165) is 36.8 Å². The van der Waals surface area contributed by atoms with Gasteiger partial charge in [-0.15, -0.1) is 0 Å². The van der Waals surface area contributed by atoms with Crippen LogP contribution in [0.15, 0.2) is 12.4 Å². The van der Waals surface area contributed by atoms with E-state index in [-0.39, 0.29) is 0 Å². The Bertz CT molecular complexity index is 379. The van der Waals surface area contributed by atoms with Gasteiger partial charge in [-0.05, 0) is 18.8 Å². The molecule has 1 fully saturated rings. The molecule has 2 rings (SSSR count). The molecule has 1 aliphatic rings. The van der Waals surface area contributed by atoms with Crippen molar-refractivity contribution < 1.29 is 4.21 Å². The maximum atomic E-state index is 11.3. The Morgan fingerprint density at radius 1 is 1.53 bits per heavy atom. The van der Waals surface area contributed by atoms with E-state index in [1.807, 2.05) is 12.4 Å². The second kappa shape index (κ2) is 5.67. The Morgan fingerprint density at radius 3 is 2.88 bits per heavy atom. The van der Waals surface area contributed by atoms with Crippen LogP contribution in [0.1, 0.15) is 26.7 Å². The lowest BCUT2D eigenvalue weighted by Crippen LogP contribution is -2.30. The molecule has 96 valence electrons. The molecule has 1 aromatic heterocycles. The van der Waals surface area contributed by atoms with Gasteiger partial charge in [-0.3, -0.25) is 4.21 Å². The number of nitrogens with one attached hydrogen (secondary N) is 1. The van der Waals surface area contributed by atoms with E-state index in [1.165, 1.54) is 0 Å². The summed E-state index contributed by atoms with van der Waals surface area (Å²) in [5.74, 6) is 3.21. The fraction of sp³-hybridized carbons (Fsp3) is 0.750. The van der Waals surface area contributed by atoms with E-state index >= 15 is 0 Å². The Hall–Kier alpha value is -0.840. The minimum absolute atomic E-state index is 0.431. The molecule has 0 unspecified atom stereocenters. The maximum Gasteiger partial charge on any atom is 0.202 e. The Balaban J connectivity index is 1.94. The molecule has 1 aromatic rings. The van der Waals surface area contributed by atoms with E-state index in [2.05, 4.69) is 28.7 Å². The molecule has 1 aliphatic heterocycles. The van der Waals surface area contributed by atoms with Crippen LogP contribution in [0.4, 0.5) is 5.95 Å². The van der Waals surface area contributed by atoms with Crippen LogP contribution < -0.4 is 5.32 Å². The van der Waals surface area contributed by atoms with Gasteiger partial charge in [-0.25, -0.2) is 4.98 Å². The second-order valence-electron chi connectivity index (χ2n) is 5.06. The summed E-state index contributed by atoms with van der Waals surface area (Å²) in [5, 5.41) is 3.47. The average molecular weight is 255 g/mol. The van der Waals surface area contributed by atoms with Crippen molar-refractivity contribution >= 4 is 16.7 Å². The maximum absolute atomic E-state index is 11.3. The first-order valence-corrected chi connectivity index (χ1v) is 7.76. The molecular formula is C12H21N3OS. The number of hydrogen-bond donors (Lipinski definition) is 1. The van der Waals surface area contributed by atoms with Crippen LogP contribution in [0.5, 0.6) is 0 Å². The van der Waals surface area contributed by atoms with E-state index < -0.39 is 10.8 Å². The number of rotatable bonds is 4. The molecule has 4 nitrogen and oxygen atoms in total. The smallest absolute Gasteiger partial charge is 0.202 e. The molecule has 17 heavy (non-hydrogen) atoms. The number of hydrogen-bond acceptors (Lipinski definition) is 3. The highest BCUT2D eigenvalue weighted by Gasteiger charge is 2.19. The van der Waals surface area contributed by atoms with Crippen molar-refractivity contribution in [1.29, 1.82) is 0 Å². The third-order valence-corrected chi connectivity index (χ3v) is 4.38. The number of aromatic nitrogens is 2. The lowest BCUT2D eigenvalue weighted by molar-refractivity contribution is 0.521. The van der Waals surface area contributed by atoms with E-state index in [4.69, 9.17) is 0 Å². The Kier molecular flexibility index (Phi) is 4.20. The molecule has 0 aliphatic carbocycles. The van der Waals surface area contributed by atoms with Crippen molar-refractivity contribution in [3.63, 3.8) is 0 Å². The van der Waals surface area contributed by atoms with Crippen LogP contribution in [-0.4, -0.2) is 31.3 Å². The summed E-state index contributed by atoms with van der Waals surface area (Å²) in [6.07, 6.45) is 5.83. The summed E-state index contributed by atoms with van der Waals surface area (Å²) in [6.45, 7) is 5.39. The highest BCUT2D eigenvalue weighted by molar-refractivity contribution is 7.85. The average Bonchev–Trinajstić information content (AvgIpc) is 2.68. The normalized spacial score (nSPS) is 25.1. The zero-order valence-electron chi connectivity index (χ0n) is 10.6. The van der Waals surface area contributed by atoms with E-state index in [1.54, 1.807) is 0 Å². The lowest BCUT2D eigenvalue weighted by Gasteiger charge is -2.23. The van der Waals surface area contributed by atoms with Crippen LogP contribution in [0.25, 0.3) is 0 Å². The van der Waals surface area contributed by atoms with Gasteiger partial charge in [0.2, 0.25) is 5.95 Å². The van der Waals surface area contributed by atoms with Crippen molar-refractivity contribution in [2.75, 3.05) is 16.8 Å². The van der Waals surface area contributed by atoms with Gasteiger partial charge in [0.05, 0.1) is 0 Å². The zero-order chi connectivity index (χ0) is 12.3. The van der Waals surface area contributed by atoms with Crippen molar-refractivity contribution in [3.8, 4) is 0 Å². The first-order valence-electron chi connectivity index (χ1n) is 6.28. The molecule has 0 atom stereocenters. The molecule has 1 saturated heterocycles. The second-order valence-corrected chi connectivity index (χ2v) is 6.76. The summed E-state index contributed by atoms with van der Waals surface area (Å²) < 4.78 is 13.4.